The molecule has 0 bridgehead atoms. The van der Waals surface area contributed by atoms with Gasteiger partial charge < -0.3 is 5.73 Å². The zero-order valence-electron chi connectivity index (χ0n) is 12.6. The number of rotatable bonds is 3. The van der Waals surface area contributed by atoms with E-state index in [-0.39, 0.29) is 15.3 Å². The highest BCUT2D eigenvalue weighted by atomic mass is 35.5. The van der Waals surface area contributed by atoms with Crippen LogP contribution in [-0.2, 0) is 16.6 Å². The number of hydrogen-bond acceptors (Lipinski definition) is 3. The fourth-order valence-electron chi connectivity index (χ4n) is 2.65. The molecule has 1 aliphatic heterocycles. The van der Waals surface area contributed by atoms with Crippen LogP contribution in [0.2, 0.25) is 5.02 Å². The van der Waals surface area contributed by atoms with Gasteiger partial charge in [-0.25, -0.2) is 8.42 Å². The predicted octanol–water partition coefficient (Wildman–Crippen LogP) is 3.00. The van der Waals surface area contributed by atoms with Crippen molar-refractivity contribution >= 4 is 21.6 Å². The summed E-state index contributed by atoms with van der Waals surface area (Å²) in [6, 6.07) is 4.96. The van der Waals surface area contributed by atoms with Gasteiger partial charge in [-0.05, 0) is 42.4 Å². The third kappa shape index (κ3) is 3.77. The molecule has 1 aromatic rings. The smallest absolute Gasteiger partial charge is 0.244 e. The molecule has 2 N–H and O–H groups in total. The molecule has 118 valence electrons. The van der Waals surface area contributed by atoms with Gasteiger partial charge in [0.15, 0.2) is 0 Å². The minimum atomic E-state index is -3.55. The fourth-order valence-corrected chi connectivity index (χ4v) is 4.65. The maximum atomic E-state index is 12.8. The van der Waals surface area contributed by atoms with Crippen LogP contribution >= 0.6 is 11.6 Å². The van der Waals surface area contributed by atoms with Gasteiger partial charge >= 0.3 is 0 Å². The number of benzene rings is 1. The summed E-state index contributed by atoms with van der Waals surface area (Å²) in [6.07, 6.45) is 2.77. The second-order valence-electron chi connectivity index (χ2n) is 6.39. The van der Waals surface area contributed by atoms with Gasteiger partial charge in [0.05, 0.1) is 5.02 Å². The van der Waals surface area contributed by atoms with Crippen LogP contribution in [0, 0.1) is 5.41 Å². The van der Waals surface area contributed by atoms with Crippen LogP contribution in [0.15, 0.2) is 23.1 Å². The molecule has 0 unspecified atom stereocenters. The van der Waals surface area contributed by atoms with Crippen LogP contribution in [0.5, 0.6) is 0 Å². The molecule has 1 aromatic carbocycles. The Morgan fingerprint density at radius 1 is 1.29 bits per heavy atom. The van der Waals surface area contributed by atoms with Crippen LogP contribution in [-0.4, -0.2) is 25.8 Å². The van der Waals surface area contributed by atoms with Crippen molar-refractivity contribution in [3.8, 4) is 0 Å². The van der Waals surface area contributed by atoms with Crippen molar-refractivity contribution in [3.63, 3.8) is 0 Å². The molecule has 6 heteroatoms. The fraction of sp³-hybridized carbons (Fsp3) is 0.600. The van der Waals surface area contributed by atoms with Gasteiger partial charge in [0.1, 0.15) is 4.90 Å². The summed E-state index contributed by atoms with van der Waals surface area (Å²) in [5, 5.41) is 0.260. The summed E-state index contributed by atoms with van der Waals surface area (Å²) in [5.41, 5.74) is 6.56. The zero-order chi connectivity index (χ0) is 15.7. The summed E-state index contributed by atoms with van der Waals surface area (Å²) in [6.45, 7) is 5.76. The molecule has 1 saturated heterocycles. The Balaban J connectivity index is 2.33. The molecule has 2 rings (SSSR count). The van der Waals surface area contributed by atoms with Crippen molar-refractivity contribution in [1.82, 2.24) is 4.31 Å². The van der Waals surface area contributed by atoms with Gasteiger partial charge in [-0.15, -0.1) is 0 Å². The van der Waals surface area contributed by atoms with Gasteiger partial charge in [0.25, 0.3) is 0 Å². The molecule has 1 aliphatic rings. The first-order chi connectivity index (χ1) is 9.76. The van der Waals surface area contributed by atoms with Crippen molar-refractivity contribution in [2.75, 3.05) is 13.1 Å². The first-order valence-corrected chi connectivity index (χ1v) is 9.07. The highest BCUT2D eigenvalue weighted by molar-refractivity contribution is 7.89. The highest BCUT2D eigenvalue weighted by Gasteiger charge is 2.31. The number of halogens is 1. The van der Waals surface area contributed by atoms with E-state index in [1.165, 1.54) is 0 Å². The Labute approximate surface area is 132 Å². The lowest BCUT2D eigenvalue weighted by Crippen LogP contribution is -2.32. The van der Waals surface area contributed by atoms with E-state index in [0.29, 0.717) is 19.6 Å². The van der Waals surface area contributed by atoms with Crippen molar-refractivity contribution in [2.24, 2.45) is 11.1 Å². The molecule has 0 saturated carbocycles. The molecule has 0 atom stereocenters. The van der Waals surface area contributed by atoms with Gasteiger partial charge in [0, 0.05) is 19.6 Å². The topological polar surface area (TPSA) is 63.4 Å². The standard InChI is InChI=1S/C15H23ClN2O2S/c1-15(2)6-3-8-18(9-7-15)21(19,20)14-10-12(11-17)4-5-13(14)16/h4-5,10H,3,6-9,11,17H2,1-2H3. The maximum Gasteiger partial charge on any atom is 0.244 e. The molecular weight excluding hydrogens is 308 g/mol. The molecular formula is C15H23ClN2O2S. The van der Waals surface area contributed by atoms with E-state index in [1.807, 2.05) is 0 Å². The van der Waals surface area contributed by atoms with E-state index in [9.17, 15) is 8.42 Å². The molecule has 4 nitrogen and oxygen atoms in total. The summed E-state index contributed by atoms with van der Waals surface area (Å²) >= 11 is 6.11. The van der Waals surface area contributed by atoms with Gasteiger partial charge in [-0.2, -0.15) is 4.31 Å². The number of nitrogens with zero attached hydrogens (tertiary/aromatic N) is 1. The Kier molecular flexibility index (Phi) is 4.98. The summed E-state index contributed by atoms with van der Waals surface area (Å²) in [5.74, 6) is 0. The average molecular weight is 331 g/mol. The first kappa shape index (κ1) is 16.7. The second kappa shape index (κ2) is 6.24. The van der Waals surface area contributed by atoms with Crippen molar-refractivity contribution in [2.45, 2.75) is 44.6 Å². The van der Waals surface area contributed by atoms with E-state index in [0.717, 1.165) is 24.8 Å². The summed E-state index contributed by atoms with van der Waals surface area (Å²) in [4.78, 5) is 0.173. The summed E-state index contributed by atoms with van der Waals surface area (Å²) in [7, 11) is -3.55. The Hall–Kier alpha value is -0.620. The molecule has 0 radical (unpaired) electrons. The van der Waals surface area contributed by atoms with Gasteiger partial charge in [0.2, 0.25) is 10.0 Å². The minimum Gasteiger partial charge on any atom is -0.326 e. The van der Waals surface area contributed by atoms with Crippen molar-refractivity contribution in [3.05, 3.63) is 28.8 Å². The normalized spacial score (nSPS) is 20.2. The summed E-state index contributed by atoms with van der Waals surface area (Å²) < 4.78 is 27.2. The van der Waals surface area contributed by atoms with E-state index in [2.05, 4.69) is 13.8 Å². The molecule has 1 fully saturated rings. The number of sulfonamides is 1. The molecule has 21 heavy (non-hydrogen) atoms. The highest BCUT2D eigenvalue weighted by Crippen LogP contribution is 2.33. The average Bonchev–Trinajstić information content (AvgIpc) is 2.60. The third-order valence-corrected chi connectivity index (χ3v) is 6.53. The zero-order valence-corrected chi connectivity index (χ0v) is 14.2. The van der Waals surface area contributed by atoms with Crippen LogP contribution < -0.4 is 5.73 Å². The monoisotopic (exact) mass is 330 g/mol. The lowest BCUT2D eigenvalue weighted by Gasteiger charge is -2.23. The van der Waals surface area contributed by atoms with Crippen LogP contribution in [0.1, 0.15) is 38.7 Å². The predicted molar refractivity (Wildman–Crippen MR) is 85.7 cm³/mol. The van der Waals surface area contributed by atoms with Crippen molar-refractivity contribution < 1.29 is 8.42 Å². The van der Waals surface area contributed by atoms with Crippen LogP contribution in [0.4, 0.5) is 0 Å². The van der Waals surface area contributed by atoms with Gasteiger partial charge in [-0.3, -0.25) is 0 Å². The maximum absolute atomic E-state index is 12.8. The Morgan fingerprint density at radius 3 is 2.67 bits per heavy atom. The van der Waals surface area contributed by atoms with Crippen LogP contribution in [0.3, 0.4) is 0 Å². The molecule has 1 heterocycles. The SMILES string of the molecule is CC1(C)CCCN(S(=O)(=O)c2cc(CN)ccc2Cl)CC1. The van der Waals surface area contributed by atoms with Crippen LogP contribution in [0.25, 0.3) is 0 Å². The van der Waals surface area contributed by atoms with E-state index in [1.54, 1.807) is 22.5 Å². The van der Waals surface area contributed by atoms with Crippen molar-refractivity contribution in [1.29, 1.82) is 0 Å². The van der Waals surface area contributed by atoms with E-state index < -0.39 is 10.0 Å². The third-order valence-electron chi connectivity index (χ3n) is 4.15. The molecule has 0 spiro atoms. The number of nitrogens with two attached hydrogens (primary N) is 1. The minimum absolute atomic E-state index is 0.173. The Bertz CT molecular complexity index is 614. The molecule has 0 aliphatic carbocycles. The Morgan fingerprint density at radius 2 is 2.00 bits per heavy atom. The lowest BCUT2D eigenvalue weighted by molar-refractivity contribution is 0.315. The molecule has 0 aromatic heterocycles. The van der Waals surface area contributed by atoms with E-state index >= 15 is 0 Å². The second-order valence-corrected chi connectivity index (χ2v) is 8.70. The first-order valence-electron chi connectivity index (χ1n) is 7.25. The van der Waals surface area contributed by atoms with E-state index in [4.69, 9.17) is 17.3 Å². The number of hydrogen-bond donors (Lipinski definition) is 1. The molecule has 0 amide bonds. The quantitative estimate of drug-likeness (QED) is 0.926. The van der Waals surface area contributed by atoms with Gasteiger partial charge in [-0.1, -0.05) is 31.5 Å². The largest absolute Gasteiger partial charge is 0.326 e. The lowest BCUT2D eigenvalue weighted by atomic mass is 9.85.